The summed E-state index contributed by atoms with van der Waals surface area (Å²) in [7, 11) is 1.55. The molecule has 1 aliphatic carbocycles. The summed E-state index contributed by atoms with van der Waals surface area (Å²) in [5.41, 5.74) is 0.736. The number of halogens is 2. The Morgan fingerprint density at radius 2 is 2.12 bits per heavy atom. The van der Waals surface area contributed by atoms with Crippen molar-refractivity contribution < 1.29 is 9.13 Å². The Morgan fingerprint density at radius 3 is 2.62 bits per heavy atom. The lowest BCUT2D eigenvalue weighted by molar-refractivity contribution is 0.409. The molecule has 1 nitrogen and oxygen atoms in total. The van der Waals surface area contributed by atoms with Crippen LogP contribution >= 0.6 is 15.9 Å². The number of benzene rings is 1. The summed E-state index contributed by atoms with van der Waals surface area (Å²) < 4.78 is 18.8. The second-order valence-corrected chi connectivity index (χ2v) is 5.47. The summed E-state index contributed by atoms with van der Waals surface area (Å²) in [5, 5.41) is 0. The van der Waals surface area contributed by atoms with Gasteiger partial charge in [0, 0.05) is 16.5 Å². The molecule has 0 aromatic heterocycles. The molecular formula is C13H16BrFO. The van der Waals surface area contributed by atoms with E-state index in [4.69, 9.17) is 4.74 Å². The zero-order valence-corrected chi connectivity index (χ0v) is 11.1. The first-order valence-corrected chi connectivity index (χ1v) is 6.52. The second-order valence-electron chi connectivity index (χ2n) is 4.49. The van der Waals surface area contributed by atoms with Gasteiger partial charge in [0.05, 0.1) is 7.11 Å². The SMILES string of the molecule is COc1ccc(C(Br)C(C)C2CC2)c(F)c1. The third kappa shape index (κ3) is 2.40. The van der Waals surface area contributed by atoms with Crippen molar-refractivity contribution in [2.45, 2.75) is 24.6 Å². The highest BCUT2D eigenvalue weighted by Gasteiger charge is 2.33. The summed E-state index contributed by atoms with van der Waals surface area (Å²) in [4.78, 5) is 0.103. The Balaban J connectivity index is 2.18. The molecule has 0 N–H and O–H groups in total. The van der Waals surface area contributed by atoms with E-state index >= 15 is 0 Å². The normalized spacial score (nSPS) is 19.2. The van der Waals surface area contributed by atoms with Gasteiger partial charge in [-0.25, -0.2) is 4.39 Å². The van der Waals surface area contributed by atoms with Crippen molar-refractivity contribution in [3.63, 3.8) is 0 Å². The van der Waals surface area contributed by atoms with E-state index in [0.717, 1.165) is 11.5 Å². The molecule has 2 unspecified atom stereocenters. The minimum absolute atomic E-state index is 0.103. The van der Waals surface area contributed by atoms with Gasteiger partial charge in [0.15, 0.2) is 0 Å². The summed E-state index contributed by atoms with van der Waals surface area (Å²) in [6, 6.07) is 5.07. The lowest BCUT2D eigenvalue weighted by Crippen LogP contribution is -2.07. The van der Waals surface area contributed by atoms with E-state index in [2.05, 4.69) is 22.9 Å². The molecular weight excluding hydrogens is 271 g/mol. The van der Waals surface area contributed by atoms with Crippen molar-refractivity contribution in [2.75, 3.05) is 7.11 Å². The van der Waals surface area contributed by atoms with Crippen molar-refractivity contribution in [1.82, 2.24) is 0 Å². The number of alkyl halides is 1. The molecule has 0 aliphatic heterocycles. The molecule has 1 aromatic rings. The van der Waals surface area contributed by atoms with Crippen LogP contribution in [0, 0.1) is 17.7 Å². The van der Waals surface area contributed by atoms with Crippen LogP contribution in [0.4, 0.5) is 4.39 Å². The van der Waals surface area contributed by atoms with E-state index in [1.54, 1.807) is 7.11 Å². The Bertz CT molecular complexity index is 376. The van der Waals surface area contributed by atoms with E-state index < -0.39 is 0 Å². The largest absolute Gasteiger partial charge is 0.497 e. The van der Waals surface area contributed by atoms with Crippen LogP contribution in [0.3, 0.4) is 0 Å². The van der Waals surface area contributed by atoms with Gasteiger partial charge >= 0.3 is 0 Å². The average Bonchev–Trinajstić information content (AvgIpc) is 3.10. The Morgan fingerprint density at radius 1 is 1.44 bits per heavy atom. The Hall–Kier alpha value is -0.570. The van der Waals surface area contributed by atoms with Gasteiger partial charge < -0.3 is 4.74 Å². The molecule has 1 saturated carbocycles. The molecule has 88 valence electrons. The highest BCUT2D eigenvalue weighted by atomic mass is 79.9. The predicted octanol–water partition coefficient (Wildman–Crippen LogP) is 4.32. The molecule has 0 heterocycles. The van der Waals surface area contributed by atoms with Crippen LogP contribution in [-0.2, 0) is 0 Å². The Kier molecular flexibility index (Phi) is 3.53. The first-order chi connectivity index (χ1) is 7.63. The highest BCUT2D eigenvalue weighted by Crippen LogP contribution is 2.46. The molecule has 0 amide bonds. The van der Waals surface area contributed by atoms with Gasteiger partial charge in [-0.1, -0.05) is 28.9 Å². The molecule has 2 rings (SSSR count). The van der Waals surface area contributed by atoms with Gasteiger partial charge in [0.2, 0.25) is 0 Å². The lowest BCUT2D eigenvalue weighted by atomic mass is 9.96. The molecule has 1 fully saturated rings. The van der Waals surface area contributed by atoms with Crippen LogP contribution < -0.4 is 4.74 Å². The van der Waals surface area contributed by atoms with Crippen LogP contribution in [0.15, 0.2) is 18.2 Å². The zero-order valence-electron chi connectivity index (χ0n) is 9.54. The first-order valence-electron chi connectivity index (χ1n) is 5.61. The summed E-state index contributed by atoms with van der Waals surface area (Å²) in [5.74, 6) is 1.63. The molecule has 0 bridgehead atoms. The van der Waals surface area contributed by atoms with E-state index in [0.29, 0.717) is 11.7 Å². The fraction of sp³-hybridized carbons (Fsp3) is 0.538. The number of hydrogen-bond acceptors (Lipinski definition) is 1. The lowest BCUT2D eigenvalue weighted by Gasteiger charge is -2.19. The average molecular weight is 287 g/mol. The summed E-state index contributed by atoms with van der Waals surface area (Å²) in [6.07, 6.45) is 2.56. The third-order valence-corrected chi connectivity index (χ3v) is 4.66. The fourth-order valence-corrected chi connectivity index (χ4v) is 2.81. The number of hydrogen-bond donors (Lipinski definition) is 0. The van der Waals surface area contributed by atoms with Gasteiger partial charge in [-0.15, -0.1) is 0 Å². The topological polar surface area (TPSA) is 9.23 Å². The number of rotatable bonds is 4. The summed E-state index contributed by atoms with van der Waals surface area (Å²) in [6.45, 7) is 2.18. The van der Waals surface area contributed by atoms with Crippen LogP contribution in [0.2, 0.25) is 0 Å². The van der Waals surface area contributed by atoms with Crippen LogP contribution in [0.25, 0.3) is 0 Å². The first kappa shape index (κ1) is 11.9. The maximum atomic E-state index is 13.8. The van der Waals surface area contributed by atoms with E-state index in [1.165, 1.54) is 18.9 Å². The van der Waals surface area contributed by atoms with E-state index in [9.17, 15) is 4.39 Å². The molecule has 1 aliphatic rings. The Labute approximate surface area is 104 Å². The van der Waals surface area contributed by atoms with Crippen molar-refractivity contribution in [1.29, 1.82) is 0 Å². The fourth-order valence-electron chi connectivity index (χ4n) is 2.00. The van der Waals surface area contributed by atoms with E-state index in [-0.39, 0.29) is 10.6 Å². The number of ether oxygens (including phenoxy) is 1. The van der Waals surface area contributed by atoms with E-state index in [1.807, 2.05) is 12.1 Å². The molecule has 16 heavy (non-hydrogen) atoms. The molecule has 3 heteroatoms. The van der Waals surface area contributed by atoms with Gasteiger partial charge in [-0.05, 0) is 30.7 Å². The molecule has 2 atom stereocenters. The number of methoxy groups -OCH3 is 1. The van der Waals surface area contributed by atoms with Crippen molar-refractivity contribution in [3.05, 3.63) is 29.6 Å². The molecule has 0 radical (unpaired) electrons. The third-order valence-electron chi connectivity index (χ3n) is 3.33. The van der Waals surface area contributed by atoms with Gasteiger partial charge in [0.25, 0.3) is 0 Å². The monoisotopic (exact) mass is 286 g/mol. The summed E-state index contributed by atoms with van der Waals surface area (Å²) >= 11 is 3.61. The standard InChI is InChI=1S/C13H16BrFO/c1-8(9-3-4-9)13(14)11-6-5-10(16-2)7-12(11)15/h5-9,13H,3-4H2,1-2H3. The maximum absolute atomic E-state index is 13.8. The highest BCUT2D eigenvalue weighted by molar-refractivity contribution is 9.09. The minimum atomic E-state index is -0.186. The predicted molar refractivity (Wildman–Crippen MR) is 66.5 cm³/mol. The molecule has 0 saturated heterocycles. The van der Waals surface area contributed by atoms with Crippen LogP contribution in [0.1, 0.15) is 30.2 Å². The van der Waals surface area contributed by atoms with Crippen molar-refractivity contribution in [3.8, 4) is 5.75 Å². The van der Waals surface area contributed by atoms with Crippen LogP contribution in [-0.4, -0.2) is 7.11 Å². The minimum Gasteiger partial charge on any atom is -0.497 e. The maximum Gasteiger partial charge on any atom is 0.131 e. The molecule has 0 spiro atoms. The van der Waals surface area contributed by atoms with Gasteiger partial charge in [0.1, 0.15) is 11.6 Å². The van der Waals surface area contributed by atoms with Gasteiger partial charge in [-0.2, -0.15) is 0 Å². The van der Waals surface area contributed by atoms with Crippen molar-refractivity contribution >= 4 is 15.9 Å². The van der Waals surface area contributed by atoms with Crippen molar-refractivity contribution in [2.24, 2.45) is 11.8 Å². The van der Waals surface area contributed by atoms with Gasteiger partial charge in [-0.3, -0.25) is 0 Å². The second kappa shape index (κ2) is 4.74. The molecule has 1 aromatic carbocycles. The van der Waals surface area contributed by atoms with Crippen LogP contribution in [0.5, 0.6) is 5.75 Å². The zero-order chi connectivity index (χ0) is 11.7. The quantitative estimate of drug-likeness (QED) is 0.749. The smallest absolute Gasteiger partial charge is 0.131 e.